The molecule has 3 aliphatic carbocycles. The molecule has 2 bridgehead atoms. The monoisotopic (exact) mass is 437 g/mol. The molecule has 4 aliphatic rings. The number of rotatable bonds is 6. The van der Waals surface area contributed by atoms with Crippen molar-refractivity contribution in [3.63, 3.8) is 0 Å². The second kappa shape index (κ2) is 8.15. The molecule has 32 heavy (non-hydrogen) atoms. The van der Waals surface area contributed by atoms with Crippen LogP contribution in [0.2, 0.25) is 0 Å². The minimum atomic E-state index is -0.844. The number of nitrogens with zero attached hydrogens (tertiary/aromatic N) is 2. The number of carbonyl (C=O) groups is 3. The summed E-state index contributed by atoms with van der Waals surface area (Å²) < 4.78 is 0. The fraction of sp³-hybridized carbons (Fsp3) is 0.542. The van der Waals surface area contributed by atoms with Crippen LogP contribution in [0.5, 0.6) is 0 Å². The van der Waals surface area contributed by atoms with Crippen LogP contribution in [0.3, 0.4) is 0 Å². The van der Waals surface area contributed by atoms with E-state index >= 15 is 0 Å². The molecule has 8 heteroatoms. The van der Waals surface area contributed by atoms with Gasteiger partial charge in [0.1, 0.15) is 0 Å². The first kappa shape index (κ1) is 20.8. The van der Waals surface area contributed by atoms with Gasteiger partial charge in [-0.3, -0.25) is 29.4 Å². The number of carbonyl (C=O) groups excluding carboxylic acids is 3. The van der Waals surface area contributed by atoms with Crippen molar-refractivity contribution in [3.05, 3.63) is 52.1 Å². The summed E-state index contributed by atoms with van der Waals surface area (Å²) in [7, 11) is 0. The fourth-order valence-corrected chi connectivity index (χ4v) is 6.15. The van der Waals surface area contributed by atoms with Crippen molar-refractivity contribution in [1.29, 1.82) is 0 Å². The summed E-state index contributed by atoms with van der Waals surface area (Å²) in [6.45, 7) is 0. The molecule has 3 amide bonds. The molecule has 1 aromatic rings. The van der Waals surface area contributed by atoms with Gasteiger partial charge in [0.2, 0.25) is 17.7 Å². The predicted octanol–water partition coefficient (Wildman–Crippen LogP) is 3.28. The Labute approximate surface area is 186 Å². The van der Waals surface area contributed by atoms with Gasteiger partial charge in [0.05, 0.1) is 29.2 Å². The average molecular weight is 437 g/mol. The maximum atomic E-state index is 13.4. The van der Waals surface area contributed by atoms with E-state index in [1.54, 1.807) is 6.07 Å². The summed E-state index contributed by atoms with van der Waals surface area (Å²) in [5.41, 5.74) is 0.321. The van der Waals surface area contributed by atoms with Crippen molar-refractivity contribution in [1.82, 2.24) is 10.2 Å². The topological polar surface area (TPSA) is 110 Å². The molecule has 1 aromatic carbocycles. The zero-order valence-corrected chi connectivity index (χ0v) is 17.8. The van der Waals surface area contributed by atoms with E-state index in [4.69, 9.17) is 0 Å². The van der Waals surface area contributed by atoms with Crippen LogP contribution in [0.15, 0.2) is 36.4 Å². The Balaban J connectivity index is 1.44. The van der Waals surface area contributed by atoms with Gasteiger partial charge in [-0.1, -0.05) is 43.5 Å². The number of imide groups is 1. The third kappa shape index (κ3) is 3.51. The highest BCUT2D eigenvalue weighted by atomic mass is 16.6. The SMILES string of the molecule is O=C(CC(c1cccc([N+](=O)[O-])c1)N1C(=O)C2C3C=CC(C3)C2C1=O)NC1CCCCC1. The number of hydrogen-bond donors (Lipinski definition) is 1. The number of amides is 3. The van der Waals surface area contributed by atoms with E-state index in [0.29, 0.717) is 5.56 Å². The maximum Gasteiger partial charge on any atom is 0.269 e. The standard InChI is InChI=1S/C24H27N3O5/c28-20(25-17-6-2-1-3-7-17)13-19(14-5-4-8-18(12-14)27(31)32)26-23(29)21-15-9-10-16(11-15)22(21)24(26)30/h4-5,8-10,12,15-17,19,21-22H,1-3,6-7,11,13H2,(H,25,28). The predicted molar refractivity (Wildman–Crippen MR) is 115 cm³/mol. The number of nitro groups is 1. The quantitative estimate of drug-likeness (QED) is 0.318. The lowest BCUT2D eigenvalue weighted by atomic mass is 9.85. The average Bonchev–Trinajstić information content (AvgIpc) is 3.47. The van der Waals surface area contributed by atoms with E-state index in [-0.39, 0.29) is 59.5 Å². The zero-order chi connectivity index (χ0) is 22.4. The summed E-state index contributed by atoms with van der Waals surface area (Å²) in [6.07, 6.45) is 9.95. The van der Waals surface area contributed by atoms with E-state index in [1.165, 1.54) is 29.5 Å². The highest BCUT2D eigenvalue weighted by Gasteiger charge is 2.60. The second-order valence-electron chi connectivity index (χ2n) is 9.52. The number of nitrogens with one attached hydrogen (secondary N) is 1. The van der Waals surface area contributed by atoms with Crippen molar-refractivity contribution in [2.24, 2.45) is 23.7 Å². The summed E-state index contributed by atoms with van der Waals surface area (Å²) in [5, 5.41) is 14.4. The van der Waals surface area contributed by atoms with Gasteiger partial charge in [0.15, 0.2) is 0 Å². The molecule has 0 aromatic heterocycles. The molecule has 1 heterocycles. The Morgan fingerprint density at radius 2 is 1.75 bits per heavy atom. The molecule has 1 aliphatic heterocycles. The number of fused-ring (bicyclic) bond motifs is 5. The first-order valence-electron chi connectivity index (χ1n) is 11.5. The summed E-state index contributed by atoms with van der Waals surface area (Å²) in [5.74, 6) is -1.36. The normalized spacial score (nSPS) is 29.9. The first-order chi connectivity index (χ1) is 15.4. The smallest absolute Gasteiger partial charge is 0.269 e. The summed E-state index contributed by atoms with van der Waals surface area (Å²) >= 11 is 0. The zero-order valence-electron chi connectivity index (χ0n) is 17.8. The molecule has 2 saturated carbocycles. The van der Waals surface area contributed by atoms with Crippen LogP contribution in [0, 0.1) is 33.8 Å². The van der Waals surface area contributed by atoms with Gasteiger partial charge in [-0.25, -0.2) is 0 Å². The number of hydrogen-bond acceptors (Lipinski definition) is 5. The second-order valence-corrected chi connectivity index (χ2v) is 9.52. The van der Waals surface area contributed by atoms with Crippen LogP contribution in [-0.4, -0.2) is 33.6 Å². The third-order valence-corrected chi connectivity index (χ3v) is 7.63. The van der Waals surface area contributed by atoms with Crippen molar-refractivity contribution in [3.8, 4) is 0 Å². The molecular weight excluding hydrogens is 410 g/mol. The molecule has 168 valence electrons. The summed E-state index contributed by atoms with van der Waals surface area (Å²) in [4.78, 5) is 51.8. The van der Waals surface area contributed by atoms with Gasteiger partial charge in [0, 0.05) is 18.2 Å². The Morgan fingerprint density at radius 3 is 2.38 bits per heavy atom. The molecule has 0 spiro atoms. The molecule has 3 fully saturated rings. The molecule has 0 radical (unpaired) electrons. The van der Waals surface area contributed by atoms with E-state index in [2.05, 4.69) is 5.32 Å². The molecule has 1 N–H and O–H groups in total. The largest absolute Gasteiger partial charge is 0.353 e. The van der Waals surface area contributed by atoms with E-state index in [0.717, 1.165) is 32.1 Å². The van der Waals surface area contributed by atoms with E-state index < -0.39 is 11.0 Å². The van der Waals surface area contributed by atoms with Crippen molar-refractivity contribution < 1.29 is 19.3 Å². The van der Waals surface area contributed by atoms with Crippen molar-refractivity contribution in [2.45, 2.75) is 57.0 Å². The molecule has 8 nitrogen and oxygen atoms in total. The molecule has 5 unspecified atom stereocenters. The van der Waals surface area contributed by atoms with Gasteiger partial charge in [0.25, 0.3) is 5.69 Å². The number of nitro benzene ring substituents is 1. The number of likely N-dealkylation sites (tertiary alicyclic amines) is 1. The lowest BCUT2D eigenvalue weighted by molar-refractivity contribution is -0.385. The van der Waals surface area contributed by atoms with Crippen molar-refractivity contribution in [2.75, 3.05) is 0 Å². The Morgan fingerprint density at radius 1 is 1.09 bits per heavy atom. The minimum Gasteiger partial charge on any atom is -0.353 e. The number of allylic oxidation sites excluding steroid dienone is 2. The lowest BCUT2D eigenvalue weighted by Gasteiger charge is -2.29. The molecular formula is C24H27N3O5. The van der Waals surface area contributed by atoms with Gasteiger partial charge in [-0.2, -0.15) is 0 Å². The third-order valence-electron chi connectivity index (χ3n) is 7.63. The Hall–Kier alpha value is -3.03. The van der Waals surface area contributed by atoms with Gasteiger partial charge >= 0.3 is 0 Å². The maximum absolute atomic E-state index is 13.4. The van der Waals surface area contributed by atoms with Gasteiger partial charge in [-0.15, -0.1) is 0 Å². The molecule has 5 rings (SSSR count). The number of benzene rings is 1. The highest BCUT2D eigenvalue weighted by molar-refractivity contribution is 6.07. The van der Waals surface area contributed by atoms with E-state index in [1.807, 2.05) is 12.2 Å². The fourth-order valence-electron chi connectivity index (χ4n) is 6.15. The van der Waals surface area contributed by atoms with Crippen LogP contribution in [0.4, 0.5) is 5.69 Å². The van der Waals surface area contributed by atoms with Crippen LogP contribution in [0.1, 0.15) is 56.6 Å². The van der Waals surface area contributed by atoms with Crippen molar-refractivity contribution >= 4 is 23.4 Å². The van der Waals surface area contributed by atoms with E-state index in [9.17, 15) is 24.5 Å². The Bertz CT molecular complexity index is 969. The van der Waals surface area contributed by atoms with Gasteiger partial charge < -0.3 is 5.32 Å². The first-order valence-corrected chi connectivity index (χ1v) is 11.5. The van der Waals surface area contributed by atoms with Crippen LogP contribution in [-0.2, 0) is 14.4 Å². The van der Waals surface area contributed by atoms with Crippen LogP contribution < -0.4 is 5.32 Å². The summed E-state index contributed by atoms with van der Waals surface area (Å²) in [6, 6.07) is 5.20. The van der Waals surface area contributed by atoms with Gasteiger partial charge in [-0.05, 0) is 36.7 Å². The van der Waals surface area contributed by atoms with Crippen LogP contribution >= 0.6 is 0 Å². The Kier molecular flexibility index (Phi) is 5.31. The highest BCUT2D eigenvalue weighted by Crippen LogP contribution is 2.54. The molecule has 5 atom stereocenters. The lowest BCUT2D eigenvalue weighted by Crippen LogP contribution is -2.42. The molecule has 1 saturated heterocycles. The number of non-ortho nitro benzene ring substituents is 1. The van der Waals surface area contributed by atoms with Crippen LogP contribution in [0.25, 0.3) is 0 Å². The minimum absolute atomic E-state index is 0.0632.